The van der Waals surface area contributed by atoms with Gasteiger partial charge in [-0.15, -0.1) is 0 Å². The number of rotatable bonds is 5. The number of nitrogens with zero attached hydrogens (tertiary/aromatic N) is 2. The van der Waals surface area contributed by atoms with Crippen molar-refractivity contribution in [2.75, 3.05) is 0 Å². The van der Waals surface area contributed by atoms with Gasteiger partial charge in [0.15, 0.2) is 11.3 Å². The van der Waals surface area contributed by atoms with Crippen LogP contribution < -0.4 is 5.32 Å². The average Bonchev–Trinajstić information content (AvgIpc) is 3.28. The van der Waals surface area contributed by atoms with Crippen LogP contribution in [-0.2, 0) is 17.8 Å². The summed E-state index contributed by atoms with van der Waals surface area (Å²) in [7, 11) is 0. The Balaban J connectivity index is 1.38. The fourth-order valence-corrected chi connectivity index (χ4v) is 2.60. The molecule has 2 aromatic carbocycles. The third-order valence-electron chi connectivity index (χ3n) is 3.86. The van der Waals surface area contributed by atoms with Crippen molar-refractivity contribution in [1.82, 2.24) is 15.6 Å². The highest BCUT2D eigenvalue weighted by Crippen LogP contribution is 2.20. The molecule has 0 atom stereocenters. The molecule has 0 aliphatic rings. The number of hydrogen-bond acceptors (Lipinski definition) is 5. The molecule has 4 rings (SSSR count). The van der Waals surface area contributed by atoms with Gasteiger partial charge in [-0.3, -0.25) is 4.79 Å². The van der Waals surface area contributed by atoms with Crippen molar-refractivity contribution in [3.63, 3.8) is 0 Å². The van der Waals surface area contributed by atoms with Gasteiger partial charge in [-0.05, 0) is 12.1 Å². The van der Waals surface area contributed by atoms with Crippen LogP contribution in [0, 0.1) is 0 Å². The predicted molar refractivity (Wildman–Crippen MR) is 91.5 cm³/mol. The SMILES string of the molecule is O=C(Cc1noc2ccccc12)NCc1cc(-c2ccccc2)on1. The van der Waals surface area contributed by atoms with E-state index in [1.807, 2.05) is 60.7 Å². The molecule has 1 N–H and O–H groups in total. The van der Waals surface area contributed by atoms with Gasteiger partial charge in [0.05, 0.1) is 13.0 Å². The molecule has 4 aromatic rings. The number of para-hydroxylation sites is 1. The first-order chi connectivity index (χ1) is 12.3. The van der Waals surface area contributed by atoms with E-state index < -0.39 is 0 Å². The predicted octanol–water partition coefficient (Wildman–Crippen LogP) is 3.34. The van der Waals surface area contributed by atoms with Crippen LogP contribution in [0.5, 0.6) is 0 Å². The number of benzene rings is 2. The van der Waals surface area contributed by atoms with Crippen LogP contribution >= 0.6 is 0 Å². The summed E-state index contributed by atoms with van der Waals surface area (Å²) in [6.45, 7) is 0.297. The van der Waals surface area contributed by atoms with E-state index in [0.717, 1.165) is 10.9 Å². The third kappa shape index (κ3) is 3.28. The molecule has 124 valence electrons. The number of amides is 1. The lowest BCUT2D eigenvalue weighted by Gasteiger charge is -2.00. The summed E-state index contributed by atoms with van der Waals surface area (Å²) in [5.41, 5.74) is 2.91. The molecule has 0 unspecified atom stereocenters. The Kier molecular flexibility index (Phi) is 4.00. The van der Waals surface area contributed by atoms with Gasteiger partial charge in [-0.2, -0.15) is 0 Å². The Morgan fingerprint density at radius 3 is 2.64 bits per heavy atom. The van der Waals surface area contributed by atoms with Crippen molar-refractivity contribution < 1.29 is 13.8 Å². The van der Waals surface area contributed by atoms with Crippen molar-refractivity contribution in [3.8, 4) is 11.3 Å². The van der Waals surface area contributed by atoms with Crippen LogP contribution in [0.2, 0.25) is 0 Å². The minimum Gasteiger partial charge on any atom is -0.356 e. The Labute approximate surface area is 143 Å². The van der Waals surface area contributed by atoms with Gasteiger partial charge < -0.3 is 14.4 Å². The summed E-state index contributed by atoms with van der Waals surface area (Å²) in [4.78, 5) is 12.2. The fourth-order valence-electron chi connectivity index (χ4n) is 2.60. The topological polar surface area (TPSA) is 81.2 Å². The number of nitrogens with one attached hydrogen (secondary N) is 1. The van der Waals surface area contributed by atoms with Crippen LogP contribution in [0.15, 0.2) is 69.7 Å². The van der Waals surface area contributed by atoms with Crippen molar-refractivity contribution in [1.29, 1.82) is 0 Å². The van der Waals surface area contributed by atoms with Gasteiger partial charge in [-0.25, -0.2) is 0 Å². The highest BCUT2D eigenvalue weighted by Gasteiger charge is 2.13. The largest absolute Gasteiger partial charge is 0.356 e. The van der Waals surface area contributed by atoms with Gasteiger partial charge in [0.1, 0.15) is 11.4 Å². The van der Waals surface area contributed by atoms with Crippen molar-refractivity contribution in [3.05, 3.63) is 72.1 Å². The molecule has 0 saturated carbocycles. The Bertz CT molecular complexity index is 1000. The van der Waals surface area contributed by atoms with Crippen LogP contribution in [-0.4, -0.2) is 16.2 Å². The van der Waals surface area contributed by atoms with E-state index in [9.17, 15) is 4.79 Å². The molecule has 0 bridgehead atoms. The van der Waals surface area contributed by atoms with E-state index in [2.05, 4.69) is 15.6 Å². The molecule has 0 spiro atoms. The van der Waals surface area contributed by atoms with Gasteiger partial charge in [0, 0.05) is 17.0 Å². The minimum atomic E-state index is -0.150. The molecule has 1 amide bonds. The van der Waals surface area contributed by atoms with Gasteiger partial charge in [0.25, 0.3) is 0 Å². The molecule has 2 heterocycles. The van der Waals surface area contributed by atoms with E-state index in [1.54, 1.807) is 0 Å². The molecule has 6 heteroatoms. The first kappa shape index (κ1) is 15.1. The number of aromatic nitrogens is 2. The van der Waals surface area contributed by atoms with Gasteiger partial charge in [-0.1, -0.05) is 52.8 Å². The maximum absolute atomic E-state index is 12.2. The fraction of sp³-hybridized carbons (Fsp3) is 0.105. The Morgan fingerprint density at radius 2 is 1.76 bits per heavy atom. The second-order valence-electron chi connectivity index (χ2n) is 5.63. The third-order valence-corrected chi connectivity index (χ3v) is 3.86. The summed E-state index contributed by atoms with van der Waals surface area (Å²) >= 11 is 0. The van der Waals surface area contributed by atoms with Crippen molar-refractivity contribution in [2.45, 2.75) is 13.0 Å². The van der Waals surface area contributed by atoms with E-state index in [4.69, 9.17) is 9.05 Å². The molecule has 0 fully saturated rings. The first-order valence-electron chi connectivity index (χ1n) is 7.90. The van der Waals surface area contributed by atoms with Crippen LogP contribution in [0.1, 0.15) is 11.4 Å². The maximum atomic E-state index is 12.2. The maximum Gasteiger partial charge on any atom is 0.226 e. The summed E-state index contributed by atoms with van der Waals surface area (Å²) in [5, 5.41) is 11.6. The quantitative estimate of drug-likeness (QED) is 0.606. The second-order valence-corrected chi connectivity index (χ2v) is 5.63. The van der Waals surface area contributed by atoms with Crippen molar-refractivity contribution in [2.24, 2.45) is 0 Å². The summed E-state index contributed by atoms with van der Waals surface area (Å²) in [6.07, 6.45) is 0.153. The zero-order chi connectivity index (χ0) is 17.1. The molecular weight excluding hydrogens is 318 g/mol. The Morgan fingerprint density at radius 1 is 0.960 bits per heavy atom. The summed E-state index contributed by atoms with van der Waals surface area (Å²) in [6, 6.07) is 19.0. The number of fused-ring (bicyclic) bond motifs is 1. The number of carbonyl (C=O) groups excluding carboxylic acids is 1. The van der Waals surface area contributed by atoms with Crippen LogP contribution in [0.4, 0.5) is 0 Å². The summed E-state index contributed by atoms with van der Waals surface area (Å²) < 4.78 is 10.5. The molecule has 0 aliphatic heterocycles. The van der Waals surface area contributed by atoms with Gasteiger partial charge >= 0.3 is 0 Å². The zero-order valence-corrected chi connectivity index (χ0v) is 13.3. The monoisotopic (exact) mass is 333 g/mol. The molecule has 0 aliphatic carbocycles. The van der Waals surface area contributed by atoms with Gasteiger partial charge in [0.2, 0.25) is 5.91 Å². The normalized spacial score (nSPS) is 10.9. The molecule has 25 heavy (non-hydrogen) atoms. The van der Waals surface area contributed by atoms with E-state index in [1.165, 1.54) is 0 Å². The smallest absolute Gasteiger partial charge is 0.226 e. The van der Waals surface area contributed by atoms with E-state index in [-0.39, 0.29) is 12.3 Å². The first-order valence-corrected chi connectivity index (χ1v) is 7.90. The second kappa shape index (κ2) is 6.60. The lowest BCUT2D eigenvalue weighted by molar-refractivity contribution is -0.120. The van der Waals surface area contributed by atoms with Crippen molar-refractivity contribution >= 4 is 16.9 Å². The summed E-state index contributed by atoms with van der Waals surface area (Å²) in [5.74, 6) is 0.524. The number of hydrogen-bond donors (Lipinski definition) is 1. The standard InChI is InChI=1S/C19H15N3O3/c23-19(11-16-15-8-4-5-9-17(15)24-22-16)20-12-14-10-18(25-21-14)13-6-2-1-3-7-13/h1-10H,11-12H2,(H,20,23). The average molecular weight is 333 g/mol. The van der Waals surface area contributed by atoms with E-state index >= 15 is 0 Å². The molecular formula is C19H15N3O3. The number of carbonyl (C=O) groups is 1. The molecule has 2 aromatic heterocycles. The van der Waals surface area contributed by atoms with Crippen LogP contribution in [0.25, 0.3) is 22.3 Å². The van der Waals surface area contributed by atoms with Crippen LogP contribution in [0.3, 0.4) is 0 Å². The minimum absolute atomic E-state index is 0.150. The molecule has 0 saturated heterocycles. The lowest BCUT2D eigenvalue weighted by atomic mass is 10.1. The highest BCUT2D eigenvalue weighted by molar-refractivity contribution is 5.86. The zero-order valence-electron chi connectivity index (χ0n) is 13.3. The van der Waals surface area contributed by atoms with E-state index in [0.29, 0.717) is 29.3 Å². The highest BCUT2D eigenvalue weighted by atomic mass is 16.5. The molecule has 0 radical (unpaired) electrons. The molecule has 6 nitrogen and oxygen atoms in total. The lowest BCUT2D eigenvalue weighted by Crippen LogP contribution is -2.24. The Hall–Kier alpha value is -3.41.